The van der Waals surface area contributed by atoms with Crippen molar-refractivity contribution in [2.45, 2.75) is 91.0 Å². The largest absolute Gasteiger partial charge is 0.392 e. The Hall–Kier alpha value is -0.263. The molecule has 2 atom stereocenters. The van der Waals surface area contributed by atoms with E-state index in [4.69, 9.17) is 0 Å². The summed E-state index contributed by atoms with van der Waals surface area (Å²) in [5, 5.41) is 10.3. The molecule has 1 N–H and O–H groups in total. The van der Waals surface area contributed by atoms with Gasteiger partial charge < -0.3 is 5.11 Å². The lowest BCUT2D eigenvalue weighted by Gasteiger charge is -2.19. The Labute approximate surface area is 122 Å². The molecule has 0 aliphatic rings. The van der Waals surface area contributed by atoms with Crippen LogP contribution in [0.4, 0.5) is 0 Å². The molecule has 0 aliphatic heterocycles. The first kappa shape index (κ1) is 18.7. The van der Waals surface area contributed by atoms with Crippen molar-refractivity contribution >= 4 is 8.07 Å². The molecule has 0 saturated carbocycles. The molecule has 0 rings (SSSR count). The molecule has 0 saturated heterocycles. The van der Waals surface area contributed by atoms with E-state index in [1.54, 1.807) is 0 Å². The minimum atomic E-state index is -1.32. The number of hydrogen-bond donors (Lipinski definition) is 1. The van der Waals surface area contributed by atoms with Gasteiger partial charge in [-0.3, -0.25) is 0 Å². The van der Waals surface area contributed by atoms with E-state index in [0.29, 0.717) is 0 Å². The Morgan fingerprint density at radius 3 is 1.89 bits per heavy atom. The number of hydrogen-bond acceptors (Lipinski definition) is 1. The number of rotatable bonds is 9. The highest BCUT2D eigenvalue weighted by molar-refractivity contribution is 6.83. The summed E-state index contributed by atoms with van der Waals surface area (Å²) in [6, 6.07) is 0. The van der Waals surface area contributed by atoms with Crippen LogP contribution in [-0.4, -0.2) is 19.3 Å². The third kappa shape index (κ3) is 11.3. The van der Waals surface area contributed by atoms with Gasteiger partial charge in [0.2, 0.25) is 0 Å². The second kappa shape index (κ2) is 10.5. The first-order valence-electron chi connectivity index (χ1n) is 8.11. The molecule has 2 unspecified atom stereocenters. The molecule has 0 bridgehead atoms. The first-order valence-corrected chi connectivity index (χ1v) is 11.6. The van der Waals surface area contributed by atoms with E-state index in [9.17, 15) is 5.11 Å². The van der Waals surface area contributed by atoms with Gasteiger partial charge in [0.15, 0.2) is 0 Å². The Bertz CT molecular complexity index is 269. The monoisotopic (exact) mass is 282 g/mol. The molecule has 0 heterocycles. The molecule has 0 amide bonds. The van der Waals surface area contributed by atoms with Gasteiger partial charge >= 0.3 is 0 Å². The summed E-state index contributed by atoms with van der Waals surface area (Å²) >= 11 is 0. The zero-order chi connectivity index (χ0) is 14.7. The molecule has 0 aromatic heterocycles. The van der Waals surface area contributed by atoms with Crippen LogP contribution in [-0.2, 0) is 0 Å². The van der Waals surface area contributed by atoms with Gasteiger partial charge in [0, 0.05) is 5.92 Å². The number of aliphatic hydroxyl groups is 1. The fraction of sp³-hybridized carbons (Fsp3) is 0.882. The van der Waals surface area contributed by atoms with Crippen molar-refractivity contribution in [3.05, 3.63) is 0 Å². The standard InChI is InChI=1S/C17H34OSi/c1-6-8-10-12-16(14-15-19(3,4)5)17(18)13-11-9-7-2/h16-18H,6-13H2,1-5H3. The van der Waals surface area contributed by atoms with Gasteiger partial charge in [0.25, 0.3) is 0 Å². The quantitative estimate of drug-likeness (QED) is 0.358. The average Bonchev–Trinajstić information content (AvgIpc) is 2.32. The molecule has 0 fully saturated rings. The van der Waals surface area contributed by atoms with E-state index in [0.717, 1.165) is 19.3 Å². The van der Waals surface area contributed by atoms with Crippen LogP contribution < -0.4 is 0 Å². The van der Waals surface area contributed by atoms with E-state index in [1.165, 1.54) is 32.1 Å². The summed E-state index contributed by atoms with van der Waals surface area (Å²) in [5.41, 5.74) is 3.45. The Kier molecular flexibility index (Phi) is 10.4. The smallest absolute Gasteiger partial charge is 0.129 e. The summed E-state index contributed by atoms with van der Waals surface area (Å²) in [7, 11) is -1.32. The molecule has 2 heteroatoms. The summed E-state index contributed by atoms with van der Waals surface area (Å²) in [5.74, 6) is 3.61. The predicted molar refractivity (Wildman–Crippen MR) is 88.9 cm³/mol. The number of aliphatic hydroxyl groups excluding tert-OH is 1. The highest BCUT2D eigenvalue weighted by Gasteiger charge is 2.17. The lowest BCUT2D eigenvalue weighted by atomic mass is 9.93. The lowest BCUT2D eigenvalue weighted by Crippen LogP contribution is -2.22. The number of unbranched alkanes of at least 4 members (excludes halogenated alkanes) is 4. The third-order valence-corrected chi connectivity index (χ3v) is 4.21. The highest BCUT2D eigenvalue weighted by atomic mass is 28.3. The maximum atomic E-state index is 10.3. The normalized spacial score (nSPS) is 14.6. The van der Waals surface area contributed by atoms with Crippen molar-refractivity contribution < 1.29 is 5.11 Å². The first-order chi connectivity index (χ1) is 8.90. The van der Waals surface area contributed by atoms with Crippen LogP contribution in [0.25, 0.3) is 0 Å². The van der Waals surface area contributed by atoms with Crippen LogP contribution in [0, 0.1) is 17.4 Å². The van der Waals surface area contributed by atoms with Crippen molar-refractivity contribution in [3.8, 4) is 11.5 Å². The highest BCUT2D eigenvalue weighted by Crippen LogP contribution is 2.18. The minimum Gasteiger partial charge on any atom is -0.392 e. The van der Waals surface area contributed by atoms with Gasteiger partial charge in [0.05, 0.1) is 6.10 Å². The van der Waals surface area contributed by atoms with E-state index >= 15 is 0 Å². The van der Waals surface area contributed by atoms with E-state index < -0.39 is 8.07 Å². The van der Waals surface area contributed by atoms with Crippen molar-refractivity contribution in [1.29, 1.82) is 0 Å². The fourth-order valence-corrected chi connectivity index (χ4v) is 2.71. The van der Waals surface area contributed by atoms with Crippen molar-refractivity contribution in [1.82, 2.24) is 0 Å². The van der Waals surface area contributed by atoms with Gasteiger partial charge in [-0.2, -0.15) is 0 Å². The molecule has 0 aromatic rings. The summed E-state index contributed by atoms with van der Waals surface area (Å²) in [6.07, 6.45) is 9.04. The fourth-order valence-electron chi connectivity index (χ4n) is 2.09. The van der Waals surface area contributed by atoms with Crippen molar-refractivity contribution in [2.75, 3.05) is 0 Å². The van der Waals surface area contributed by atoms with Crippen LogP contribution in [0.3, 0.4) is 0 Å². The molecule has 1 nitrogen and oxygen atoms in total. The van der Waals surface area contributed by atoms with Crippen LogP contribution in [0.15, 0.2) is 0 Å². The lowest BCUT2D eigenvalue weighted by molar-refractivity contribution is 0.116. The Morgan fingerprint density at radius 2 is 1.42 bits per heavy atom. The topological polar surface area (TPSA) is 20.2 Å². The average molecular weight is 283 g/mol. The van der Waals surface area contributed by atoms with Crippen LogP contribution in [0.2, 0.25) is 19.6 Å². The maximum Gasteiger partial charge on any atom is 0.129 e. The molecular weight excluding hydrogens is 248 g/mol. The van der Waals surface area contributed by atoms with Crippen LogP contribution >= 0.6 is 0 Å². The SMILES string of the molecule is CCCCCC(O)C(C#C[Si](C)(C)C)CCCCC. The zero-order valence-electron chi connectivity index (χ0n) is 13.8. The molecule has 0 aliphatic carbocycles. The Morgan fingerprint density at radius 1 is 0.895 bits per heavy atom. The maximum absolute atomic E-state index is 10.3. The van der Waals surface area contributed by atoms with Crippen molar-refractivity contribution in [3.63, 3.8) is 0 Å². The third-order valence-electron chi connectivity index (χ3n) is 3.32. The molecule has 0 spiro atoms. The molecule has 0 radical (unpaired) electrons. The van der Waals surface area contributed by atoms with E-state index in [1.807, 2.05) is 0 Å². The summed E-state index contributed by atoms with van der Waals surface area (Å²) in [4.78, 5) is 0. The second-order valence-corrected chi connectivity index (χ2v) is 11.4. The molecule has 0 aromatic carbocycles. The van der Waals surface area contributed by atoms with Crippen LogP contribution in [0.1, 0.15) is 65.2 Å². The van der Waals surface area contributed by atoms with Crippen molar-refractivity contribution in [2.24, 2.45) is 5.92 Å². The predicted octanol–water partition coefficient (Wildman–Crippen LogP) is 5.00. The zero-order valence-corrected chi connectivity index (χ0v) is 14.8. The van der Waals surface area contributed by atoms with E-state index in [-0.39, 0.29) is 12.0 Å². The van der Waals surface area contributed by atoms with E-state index in [2.05, 4.69) is 45.0 Å². The molecular formula is C17H34OSi. The molecule has 19 heavy (non-hydrogen) atoms. The van der Waals surface area contributed by atoms with Gasteiger partial charge in [0.1, 0.15) is 8.07 Å². The summed E-state index contributed by atoms with van der Waals surface area (Å²) in [6.45, 7) is 11.2. The van der Waals surface area contributed by atoms with Gasteiger partial charge in [-0.25, -0.2) is 0 Å². The summed E-state index contributed by atoms with van der Waals surface area (Å²) < 4.78 is 0. The van der Waals surface area contributed by atoms with Gasteiger partial charge in [-0.15, -0.1) is 11.5 Å². The van der Waals surface area contributed by atoms with Gasteiger partial charge in [-0.05, 0) is 12.8 Å². The minimum absolute atomic E-state index is 0.204. The Balaban J connectivity index is 4.41. The molecule has 112 valence electrons. The van der Waals surface area contributed by atoms with Gasteiger partial charge in [-0.1, -0.05) is 72.0 Å². The second-order valence-electron chi connectivity index (χ2n) is 6.68. The van der Waals surface area contributed by atoms with Crippen LogP contribution in [0.5, 0.6) is 0 Å².